The Labute approximate surface area is 96.2 Å². The molecule has 16 heavy (non-hydrogen) atoms. The van der Waals surface area contributed by atoms with Gasteiger partial charge in [-0.15, -0.1) is 0 Å². The number of nitrogens with zero attached hydrogens (tertiary/aromatic N) is 2. The summed E-state index contributed by atoms with van der Waals surface area (Å²) < 4.78 is 0. The lowest BCUT2D eigenvalue weighted by Gasteiger charge is -2.00. The van der Waals surface area contributed by atoms with Gasteiger partial charge in [0, 0.05) is 17.4 Å². The first-order chi connectivity index (χ1) is 7.56. The SMILES string of the molecule is C/C(=C(/O)c1ccc(SC#N)cc1)[N+](=O)[O-]. The number of thiocyanates is 1. The molecular formula is C10H8N2O3S. The highest BCUT2D eigenvalue weighted by Crippen LogP contribution is 2.21. The molecule has 0 spiro atoms. The Bertz CT molecular complexity index is 474. The molecule has 0 heterocycles. The molecule has 0 atom stereocenters. The van der Waals surface area contributed by atoms with Crippen molar-refractivity contribution in [2.24, 2.45) is 0 Å². The van der Waals surface area contributed by atoms with Crippen molar-refractivity contribution >= 4 is 17.5 Å². The fourth-order valence-corrected chi connectivity index (χ4v) is 1.41. The van der Waals surface area contributed by atoms with Crippen molar-refractivity contribution in [2.75, 3.05) is 0 Å². The second-order valence-electron chi connectivity index (χ2n) is 2.91. The molecule has 0 aliphatic rings. The largest absolute Gasteiger partial charge is 0.502 e. The number of aliphatic hydroxyl groups excluding tert-OH is 1. The van der Waals surface area contributed by atoms with Gasteiger partial charge in [-0.1, -0.05) is 0 Å². The minimum Gasteiger partial charge on any atom is -0.502 e. The molecule has 0 aromatic heterocycles. The number of rotatable bonds is 3. The Balaban J connectivity index is 3.03. The molecule has 0 saturated heterocycles. The number of hydrogen-bond acceptors (Lipinski definition) is 5. The maximum atomic E-state index is 10.4. The molecule has 6 heteroatoms. The van der Waals surface area contributed by atoms with Gasteiger partial charge in [0.05, 0.1) is 4.92 Å². The van der Waals surface area contributed by atoms with Crippen LogP contribution in [0.25, 0.3) is 5.76 Å². The minimum absolute atomic E-state index is 0.305. The molecular weight excluding hydrogens is 228 g/mol. The lowest BCUT2D eigenvalue weighted by atomic mass is 10.1. The summed E-state index contributed by atoms with van der Waals surface area (Å²) in [5.74, 6) is -0.362. The van der Waals surface area contributed by atoms with Gasteiger partial charge in [-0.2, -0.15) is 5.26 Å². The van der Waals surface area contributed by atoms with E-state index in [-0.39, 0.29) is 11.5 Å². The van der Waals surface area contributed by atoms with Crippen LogP contribution in [0.5, 0.6) is 0 Å². The van der Waals surface area contributed by atoms with E-state index < -0.39 is 4.92 Å². The molecule has 0 unspecified atom stereocenters. The third-order valence-electron chi connectivity index (χ3n) is 1.91. The minimum atomic E-state index is -0.646. The van der Waals surface area contributed by atoms with Crippen LogP contribution in [-0.2, 0) is 0 Å². The molecule has 0 amide bonds. The molecule has 5 nitrogen and oxygen atoms in total. The standard InChI is InChI=1S/C10H8N2O3S/c1-7(12(14)15)10(13)8-2-4-9(5-3-8)16-6-11/h2-5,13H,1H3/b10-7-. The Kier molecular flexibility index (Phi) is 3.91. The Morgan fingerprint density at radius 1 is 1.50 bits per heavy atom. The van der Waals surface area contributed by atoms with Crippen LogP contribution < -0.4 is 0 Å². The van der Waals surface area contributed by atoms with Gasteiger partial charge in [-0.3, -0.25) is 10.1 Å². The normalized spacial score (nSPS) is 11.5. The highest BCUT2D eigenvalue weighted by molar-refractivity contribution is 8.03. The van der Waals surface area contributed by atoms with Gasteiger partial charge in [0.15, 0.2) is 5.76 Å². The summed E-state index contributed by atoms with van der Waals surface area (Å²) in [5, 5.41) is 30.3. The average Bonchev–Trinajstić information content (AvgIpc) is 2.28. The van der Waals surface area contributed by atoms with Crippen LogP contribution in [0, 0.1) is 20.8 Å². The summed E-state index contributed by atoms with van der Waals surface area (Å²) in [6, 6.07) is 6.29. The second kappa shape index (κ2) is 5.19. The average molecular weight is 236 g/mol. The first-order valence-corrected chi connectivity index (χ1v) is 5.08. The molecule has 1 aromatic carbocycles. The molecule has 1 aromatic rings. The van der Waals surface area contributed by atoms with Crippen LogP contribution >= 0.6 is 11.8 Å². The summed E-state index contributed by atoms with van der Waals surface area (Å²) in [6.07, 6.45) is 0. The van der Waals surface area contributed by atoms with E-state index in [9.17, 15) is 15.2 Å². The summed E-state index contributed by atoms with van der Waals surface area (Å²) in [7, 11) is 0. The topological polar surface area (TPSA) is 87.2 Å². The van der Waals surface area contributed by atoms with E-state index >= 15 is 0 Å². The van der Waals surface area contributed by atoms with E-state index in [0.717, 1.165) is 16.7 Å². The zero-order valence-electron chi connectivity index (χ0n) is 8.38. The van der Waals surface area contributed by atoms with Gasteiger partial charge >= 0.3 is 0 Å². The first-order valence-electron chi connectivity index (χ1n) is 4.27. The zero-order chi connectivity index (χ0) is 12.1. The van der Waals surface area contributed by atoms with Crippen molar-refractivity contribution in [1.82, 2.24) is 0 Å². The molecule has 0 fully saturated rings. The van der Waals surface area contributed by atoms with Crippen molar-refractivity contribution < 1.29 is 10.0 Å². The first kappa shape index (κ1) is 12.1. The van der Waals surface area contributed by atoms with Crippen molar-refractivity contribution in [2.45, 2.75) is 11.8 Å². The number of hydrogen-bond donors (Lipinski definition) is 1. The highest BCUT2D eigenvalue weighted by Gasteiger charge is 2.13. The zero-order valence-corrected chi connectivity index (χ0v) is 9.19. The van der Waals surface area contributed by atoms with Crippen molar-refractivity contribution in [3.05, 3.63) is 45.6 Å². The van der Waals surface area contributed by atoms with Crippen LogP contribution in [0.1, 0.15) is 12.5 Å². The van der Waals surface area contributed by atoms with Crippen molar-refractivity contribution in [3.8, 4) is 5.40 Å². The van der Waals surface area contributed by atoms with E-state index in [1.54, 1.807) is 12.1 Å². The summed E-state index contributed by atoms with van der Waals surface area (Å²) >= 11 is 0.984. The van der Waals surface area contributed by atoms with Gasteiger partial charge in [-0.25, -0.2) is 0 Å². The Hall–Kier alpha value is -2.00. The van der Waals surface area contributed by atoms with E-state index in [2.05, 4.69) is 0 Å². The van der Waals surface area contributed by atoms with Gasteiger partial charge in [0.25, 0.3) is 5.70 Å². The summed E-state index contributed by atoms with van der Waals surface area (Å²) in [4.78, 5) is 10.5. The molecule has 1 rings (SSSR count). The number of aliphatic hydroxyl groups is 1. The number of nitriles is 1. The third kappa shape index (κ3) is 2.74. The van der Waals surface area contributed by atoms with E-state index in [1.807, 2.05) is 5.40 Å². The number of benzene rings is 1. The second-order valence-corrected chi connectivity index (χ2v) is 3.77. The van der Waals surface area contributed by atoms with Gasteiger partial charge in [0.1, 0.15) is 5.40 Å². The predicted molar refractivity (Wildman–Crippen MR) is 60.1 cm³/mol. The fraction of sp³-hybridized carbons (Fsp3) is 0.100. The van der Waals surface area contributed by atoms with Gasteiger partial charge in [-0.05, 0) is 36.0 Å². The molecule has 0 aliphatic carbocycles. The smallest absolute Gasteiger partial charge is 0.285 e. The van der Waals surface area contributed by atoms with Gasteiger partial charge < -0.3 is 5.11 Å². The van der Waals surface area contributed by atoms with E-state index in [0.29, 0.717) is 5.56 Å². The van der Waals surface area contributed by atoms with E-state index in [1.165, 1.54) is 19.1 Å². The van der Waals surface area contributed by atoms with Crippen LogP contribution in [0.4, 0.5) is 0 Å². The fourth-order valence-electron chi connectivity index (χ4n) is 1.03. The van der Waals surface area contributed by atoms with E-state index in [4.69, 9.17) is 5.26 Å². The third-order valence-corrected chi connectivity index (χ3v) is 2.51. The molecule has 0 saturated carbocycles. The molecule has 82 valence electrons. The summed E-state index contributed by atoms with van der Waals surface area (Å²) in [6.45, 7) is 1.23. The van der Waals surface area contributed by atoms with Crippen LogP contribution in [0.3, 0.4) is 0 Å². The summed E-state index contributed by atoms with van der Waals surface area (Å²) in [5.41, 5.74) is 0.0529. The monoisotopic (exact) mass is 236 g/mol. The highest BCUT2D eigenvalue weighted by atomic mass is 32.2. The molecule has 0 radical (unpaired) electrons. The van der Waals surface area contributed by atoms with Crippen LogP contribution in [-0.4, -0.2) is 10.0 Å². The van der Waals surface area contributed by atoms with Crippen LogP contribution in [0.2, 0.25) is 0 Å². The lowest BCUT2D eigenvalue weighted by Crippen LogP contribution is -1.98. The van der Waals surface area contributed by atoms with Crippen LogP contribution in [0.15, 0.2) is 34.9 Å². The number of nitro groups is 1. The Morgan fingerprint density at radius 2 is 2.06 bits per heavy atom. The maximum Gasteiger partial charge on any atom is 0.285 e. The molecule has 0 aliphatic heterocycles. The van der Waals surface area contributed by atoms with Crippen molar-refractivity contribution in [1.29, 1.82) is 5.26 Å². The quantitative estimate of drug-likeness (QED) is 0.286. The molecule has 0 bridgehead atoms. The number of thioether (sulfide) groups is 1. The molecule has 1 N–H and O–H groups in total. The lowest BCUT2D eigenvalue weighted by molar-refractivity contribution is -0.424. The maximum absolute atomic E-state index is 10.4. The Morgan fingerprint density at radius 3 is 2.50 bits per heavy atom. The van der Waals surface area contributed by atoms with Crippen molar-refractivity contribution in [3.63, 3.8) is 0 Å². The van der Waals surface area contributed by atoms with Gasteiger partial charge in [0.2, 0.25) is 0 Å². The predicted octanol–water partition coefficient (Wildman–Crippen LogP) is 2.78. The number of allylic oxidation sites excluding steroid dienone is 1.